The van der Waals surface area contributed by atoms with Crippen molar-refractivity contribution in [1.82, 2.24) is 4.98 Å². The molecule has 0 aromatic carbocycles. The van der Waals surface area contributed by atoms with Crippen molar-refractivity contribution in [1.29, 1.82) is 0 Å². The lowest BCUT2D eigenvalue weighted by Gasteiger charge is -2.21. The lowest BCUT2D eigenvalue weighted by Crippen LogP contribution is -2.23. The van der Waals surface area contributed by atoms with Crippen LogP contribution in [-0.2, 0) is 11.2 Å². The lowest BCUT2D eigenvalue weighted by molar-refractivity contribution is -0.00391. The van der Waals surface area contributed by atoms with Crippen molar-refractivity contribution in [3.63, 3.8) is 0 Å². The van der Waals surface area contributed by atoms with E-state index in [4.69, 9.17) is 9.47 Å². The highest BCUT2D eigenvalue weighted by Gasteiger charge is 2.12. The maximum atomic E-state index is 5.74. The van der Waals surface area contributed by atoms with Gasteiger partial charge >= 0.3 is 0 Å². The Balaban J connectivity index is 2.36. The van der Waals surface area contributed by atoms with Crippen molar-refractivity contribution >= 4 is 0 Å². The molecule has 0 amide bonds. The Morgan fingerprint density at radius 3 is 2.16 bits per heavy atom. The summed E-state index contributed by atoms with van der Waals surface area (Å²) in [6.45, 7) is 13.1. The molecule has 19 heavy (non-hydrogen) atoms. The molecule has 0 bridgehead atoms. The number of hydrogen-bond acceptors (Lipinski definition) is 3. The third kappa shape index (κ3) is 7.83. The minimum Gasteiger partial charge on any atom is -0.487 e. The molecule has 0 unspecified atom stereocenters. The van der Waals surface area contributed by atoms with Crippen molar-refractivity contribution in [2.45, 2.75) is 65.6 Å². The van der Waals surface area contributed by atoms with Crippen molar-refractivity contribution in [3.8, 4) is 5.75 Å². The first-order valence-corrected chi connectivity index (χ1v) is 6.94. The van der Waals surface area contributed by atoms with Crippen LogP contribution in [0.1, 0.15) is 53.7 Å². The zero-order valence-electron chi connectivity index (χ0n) is 13.1. The van der Waals surface area contributed by atoms with Crippen LogP contribution >= 0.6 is 0 Å². The highest BCUT2D eigenvalue weighted by Crippen LogP contribution is 2.17. The maximum Gasteiger partial charge on any atom is 0.138 e. The monoisotopic (exact) mass is 265 g/mol. The van der Waals surface area contributed by atoms with Crippen LogP contribution < -0.4 is 4.74 Å². The number of ether oxygens (including phenoxy) is 2. The molecule has 1 rings (SSSR count). The van der Waals surface area contributed by atoms with Gasteiger partial charge in [0.2, 0.25) is 0 Å². The van der Waals surface area contributed by atoms with E-state index in [-0.39, 0.29) is 11.2 Å². The molecule has 0 aliphatic heterocycles. The van der Waals surface area contributed by atoms with Gasteiger partial charge in [-0.05, 0) is 66.5 Å². The minimum atomic E-state index is -0.177. The van der Waals surface area contributed by atoms with Gasteiger partial charge in [0.15, 0.2) is 0 Å². The summed E-state index contributed by atoms with van der Waals surface area (Å²) in [7, 11) is 0. The van der Waals surface area contributed by atoms with Crippen molar-refractivity contribution in [2.75, 3.05) is 6.61 Å². The summed E-state index contributed by atoms with van der Waals surface area (Å²) in [6, 6.07) is 4.01. The fourth-order valence-electron chi connectivity index (χ4n) is 1.60. The van der Waals surface area contributed by atoms with Crippen LogP contribution in [0.2, 0.25) is 0 Å². The van der Waals surface area contributed by atoms with Crippen molar-refractivity contribution in [3.05, 3.63) is 24.0 Å². The molecular formula is C16H27NO2. The van der Waals surface area contributed by atoms with E-state index in [0.717, 1.165) is 30.9 Å². The standard InChI is InChI=1S/C16H27NO2/c1-15(2,3)18-11-7-8-13-9-10-14(12-17-13)19-16(4,5)6/h9-10,12H,7-8,11H2,1-6H3. The molecule has 1 heterocycles. The lowest BCUT2D eigenvalue weighted by atomic mass is 10.2. The summed E-state index contributed by atoms with van der Waals surface area (Å²) < 4.78 is 11.4. The van der Waals surface area contributed by atoms with Gasteiger partial charge in [0, 0.05) is 12.3 Å². The van der Waals surface area contributed by atoms with Gasteiger partial charge < -0.3 is 9.47 Å². The molecule has 0 N–H and O–H groups in total. The maximum absolute atomic E-state index is 5.74. The van der Waals surface area contributed by atoms with E-state index in [1.54, 1.807) is 6.20 Å². The summed E-state index contributed by atoms with van der Waals surface area (Å²) in [5.41, 5.74) is 0.848. The van der Waals surface area contributed by atoms with Crippen LogP contribution in [0.3, 0.4) is 0 Å². The van der Waals surface area contributed by atoms with Crippen LogP contribution in [0.5, 0.6) is 5.75 Å². The van der Waals surface area contributed by atoms with Gasteiger partial charge in [0.25, 0.3) is 0 Å². The SMILES string of the molecule is CC(C)(C)OCCCc1ccc(OC(C)(C)C)cn1. The number of aromatic nitrogens is 1. The van der Waals surface area contributed by atoms with Gasteiger partial charge in [-0.2, -0.15) is 0 Å². The van der Waals surface area contributed by atoms with E-state index in [0.29, 0.717) is 0 Å². The summed E-state index contributed by atoms with van der Waals surface area (Å²) >= 11 is 0. The molecule has 0 saturated heterocycles. The van der Waals surface area contributed by atoms with Crippen LogP contribution in [-0.4, -0.2) is 22.8 Å². The number of rotatable bonds is 5. The smallest absolute Gasteiger partial charge is 0.138 e. The second kappa shape index (κ2) is 6.38. The Morgan fingerprint density at radius 2 is 1.68 bits per heavy atom. The van der Waals surface area contributed by atoms with Crippen LogP contribution in [0.4, 0.5) is 0 Å². The van der Waals surface area contributed by atoms with E-state index in [1.807, 2.05) is 32.9 Å². The fraction of sp³-hybridized carbons (Fsp3) is 0.688. The Morgan fingerprint density at radius 1 is 1.00 bits per heavy atom. The average Bonchev–Trinajstić information content (AvgIpc) is 2.23. The average molecular weight is 265 g/mol. The predicted octanol–water partition coefficient (Wildman–Crippen LogP) is 4.01. The van der Waals surface area contributed by atoms with Crippen LogP contribution in [0.25, 0.3) is 0 Å². The molecular weight excluding hydrogens is 238 g/mol. The summed E-state index contributed by atoms with van der Waals surface area (Å²) in [5.74, 6) is 0.821. The van der Waals surface area contributed by atoms with Crippen LogP contribution in [0.15, 0.2) is 18.3 Å². The van der Waals surface area contributed by atoms with E-state index in [2.05, 4.69) is 25.8 Å². The molecule has 1 aromatic rings. The third-order valence-electron chi connectivity index (χ3n) is 2.33. The highest BCUT2D eigenvalue weighted by atomic mass is 16.5. The zero-order chi connectivity index (χ0) is 14.5. The van der Waals surface area contributed by atoms with Gasteiger partial charge in [0.1, 0.15) is 11.4 Å². The Kier molecular flexibility index (Phi) is 5.36. The molecule has 3 heteroatoms. The first-order valence-electron chi connectivity index (χ1n) is 6.94. The quantitative estimate of drug-likeness (QED) is 0.754. The number of nitrogens with zero attached hydrogens (tertiary/aromatic N) is 1. The predicted molar refractivity (Wildman–Crippen MR) is 78.6 cm³/mol. The van der Waals surface area contributed by atoms with Crippen LogP contribution in [0, 0.1) is 0 Å². The normalized spacial score (nSPS) is 12.5. The van der Waals surface area contributed by atoms with Gasteiger partial charge in [-0.3, -0.25) is 4.98 Å². The molecule has 0 radical (unpaired) electrons. The molecule has 0 fully saturated rings. The Hall–Kier alpha value is -1.09. The van der Waals surface area contributed by atoms with E-state index in [9.17, 15) is 0 Å². The Labute approximate surface area is 117 Å². The first kappa shape index (κ1) is 16.0. The van der Waals surface area contributed by atoms with Crippen molar-refractivity contribution in [2.24, 2.45) is 0 Å². The summed E-state index contributed by atoms with van der Waals surface area (Å²) in [4.78, 5) is 4.42. The molecule has 0 spiro atoms. The highest BCUT2D eigenvalue weighted by molar-refractivity contribution is 5.20. The van der Waals surface area contributed by atoms with Gasteiger partial charge in [-0.25, -0.2) is 0 Å². The summed E-state index contributed by atoms with van der Waals surface area (Å²) in [5, 5.41) is 0. The molecule has 0 saturated carbocycles. The van der Waals surface area contributed by atoms with E-state index in [1.165, 1.54) is 0 Å². The van der Waals surface area contributed by atoms with E-state index < -0.39 is 0 Å². The Bertz CT molecular complexity index is 371. The molecule has 1 aromatic heterocycles. The van der Waals surface area contributed by atoms with Gasteiger partial charge in [0.05, 0.1) is 11.8 Å². The molecule has 0 aliphatic rings. The molecule has 0 aliphatic carbocycles. The minimum absolute atomic E-state index is 0.0577. The number of hydrogen-bond donors (Lipinski definition) is 0. The summed E-state index contributed by atoms with van der Waals surface area (Å²) in [6.07, 6.45) is 3.72. The van der Waals surface area contributed by atoms with Gasteiger partial charge in [-0.15, -0.1) is 0 Å². The number of pyridine rings is 1. The first-order chi connectivity index (χ1) is 8.66. The number of aryl methyl sites for hydroxylation is 1. The second-order valence-corrected chi connectivity index (χ2v) is 6.76. The topological polar surface area (TPSA) is 31.4 Å². The largest absolute Gasteiger partial charge is 0.487 e. The zero-order valence-corrected chi connectivity index (χ0v) is 13.1. The third-order valence-corrected chi connectivity index (χ3v) is 2.33. The van der Waals surface area contributed by atoms with Gasteiger partial charge in [-0.1, -0.05) is 0 Å². The second-order valence-electron chi connectivity index (χ2n) is 6.76. The molecule has 3 nitrogen and oxygen atoms in total. The van der Waals surface area contributed by atoms with E-state index >= 15 is 0 Å². The van der Waals surface area contributed by atoms with Crippen molar-refractivity contribution < 1.29 is 9.47 Å². The molecule has 108 valence electrons. The molecule has 0 atom stereocenters. The fourth-order valence-corrected chi connectivity index (χ4v) is 1.60.